The van der Waals surface area contributed by atoms with Gasteiger partial charge in [-0.1, -0.05) is 0 Å². The number of nitrogens with one attached hydrogen (secondary N) is 1. The first-order valence-corrected chi connectivity index (χ1v) is 6.47. The quantitative estimate of drug-likeness (QED) is 0.846. The van der Waals surface area contributed by atoms with Crippen LogP contribution in [-0.4, -0.2) is 23.7 Å². The minimum Gasteiger partial charge on any atom is -0.418 e. The molecular formula is C13H13F3N2O2. The molecule has 0 saturated heterocycles. The standard InChI is InChI=1S/C13H13F3N2O2/c14-13(15,16)12(19)20-10-5-8-6-17-4-3-9(8)18-11(10)7-1-2-7/h5,7,17H,1-4,6H2. The molecule has 0 aromatic carbocycles. The maximum atomic E-state index is 12.3. The van der Waals surface area contributed by atoms with E-state index in [2.05, 4.69) is 15.0 Å². The zero-order valence-electron chi connectivity index (χ0n) is 10.6. The number of aromatic nitrogens is 1. The second-order valence-electron chi connectivity index (χ2n) is 5.07. The SMILES string of the molecule is O=C(Oc1cc2c(nc1C1CC1)CCNC2)C(F)(F)F. The van der Waals surface area contributed by atoms with Crippen LogP contribution in [0, 0.1) is 0 Å². The van der Waals surface area contributed by atoms with Gasteiger partial charge in [0.1, 0.15) is 0 Å². The van der Waals surface area contributed by atoms with Gasteiger partial charge in [0.25, 0.3) is 0 Å². The third kappa shape index (κ3) is 2.63. The van der Waals surface area contributed by atoms with E-state index in [4.69, 9.17) is 0 Å². The number of hydrogen-bond donors (Lipinski definition) is 1. The lowest BCUT2D eigenvalue weighted by Gasteiger charge is -2.19. The molecule has 1 N–H and O–H groups in total. The molecule has 2 heterocycles. The van der Waals surface area contributed by atoms with Crippen LogP contribution in [0.4, 0.5) is 13.2 Å². The molecule has 0 atom stereocenters. The summed E-state index contributed by atoms with van der Waals surface area (Å²) >= 11 is 0. The van der Waals surface area contributed by atoms with Gasteiger partial charge >= 0.3 is 12.1 Å². The Morgan fingerprint density at radius 2 is 2.15 bits per heavy atom. The maximum Gasteiger partial charge on any atom is 0.491 e. The van der Waals surface area contributed by atoms with Crippen molar-refractivity contribution in [3.05, 3.63) is 23.0 Å². The number of nitrogens with zero attached hydrogens (tertiary/aromatic N) is 1. The molecule has 0 bridgehead atoms. The van der Waals surface area contributed by atoms with Crippen molar-refractivity contribution >= 4 is 5.97 Å². The molecule has 108 valence electrons. The van der Waals surface area contributed by atoms with Crippen LogP contribution in [0.3, 0.4) is 0 Å². The van der Waals surface area contributed by atoms with E-state index >= 15 is 0 Å². The summed E-state index contributed by atoms with van der Waals surface area (Å²) in [6.45, 7) is 1.33. The predicted octanol–water partition coefficient (Wildman–Crippen LogP) is 2.07. The van der Waals surface area contributed by atoms with Crippen molar-refractivity contribution in [1.82, 2.24) is 10.3 Å². The number of carbonyl (C=O) groups excluding carboxylic acids is 1. The maximum absolute atomic E-state index is 12.3. The lowest BCUT2D eigenvalue weighted by molar-refractivity contribution is -0.189. The number of ether oxygens (including phenoxy) is 1. The largest absolute Gasteiger partial charge is 0.491 e. The molecule has 0 spiro atoms. The number of alkyl halides is 3. The molecule has 0 amide bonds. The summed E-state index contributed by atoms with van der Waals surface area (Å²) in [6.07, 6.45) is -2.50. The summed E-state index contributed by atoms with van der Waals surface area (Å²) in [7, 11) is 0. The van der Waals surface area contributed by atoms with Crippen LogP contribution in [-0.2, 0) is 17.8 Å². The lowest BCUT2D eigenvalue weighted by Crippen LogP contribution is -2.29. The number of halogens is 3. The van der Waals surface area contributed by atoms with Gasteiger partial charge in [-0.25, -0.2) is 4.79 Å². The Bertz CT molecular complexity index is 553. The van der Waals surface area contributed by atoms with Crippen molar-refractivity contribution < 1.29 is 22.7 Å². The van der Waals surface area contributed by atoms with Gasteiger partial charge in [0.05, 0.1) is 5.69 Å². The Morgan fingerprint density at radius 3 is 2.80 bits per heavy atom. The van der Waals surface area contributed by atoms with E-state index in [-0.39, 0.29) is 11.7 Å². The van der Waals surface area contributed by atoms with Crippen LogP contribution in [0.15, 0.2) is 6.07 Å². The van der Waals surface area contributed by atoms with Crippen molar-refractivity contribution in [1.29, 1.82) is 0 Å². The number of esters is 1. The van der Waals surface area contributed by atoms with Crippen molar-refractivity contribution in [2.75, 3.05) is 6.54 Å². The van der Waals surface area contributed by atoms with Crippen molar-refractivity contribution in [3.8, 4) is 5.75 Å². The number of fused-ring (bicyclic) bond motifs is 1. The first kappa shape index (κ1) is 13.4. The Morgan fingerprint density at radius 1 is 1.40 bits per heavy atom. The summed E-state index contributed by atoms with van der Waals surface area (Å²) in [5, 5.41) is 3.11. The molecule has 1 aromatic heterocycles. The van der Waals surface area contributed by atoms with E-state index in [0.29, 0.717) is 12.2 Å². The third-order valence-corrected chi connectivity index (χ3v) is 3.44. The van der Waals surface area contributed by atoms with E-state index in [1.807, 2.05) is 0 Å². The van der Waals surface area contributed by atoms with E-state index in [1.54, 1.807) is 0 Å². The molecule has 1 aromatic rings. The molecule has 1 aliphatic heterocycles. The molecular weight excluding hydrogens is 273 g/mol. The smallest absolute Gasteiger partial charge is 0.418 e. The van der Waals surface area contributed by atoms with Crippen LogP contribution in [0.1, 0.15) is 35.7 Å². The molecule has 1 fully saturated rings. The van der Waals surface area contributed by atoms with Crippen molar-refractivity contribution in [2.24, 2.45) is 0 Å². The van der Waals surface area contributed by atoms with Crippen LogP contribution >= 0.6 is 0 Å². The molecule has 2 aliphatic rings. The van der Waals surface area contributed by atoms with E-state index in [0.717, 1.165) is 37.1 Å². The second kappa shape index (κ2) is 4.73. The Hall–Kier alpha value is -1.63. The van der Waals surface area contributed by atoms with Crippen LogP contribution in [0.25, 0.3) is 0 Å². The molecule has 0 radical (unpaired) electrons. The first-order chi connectivity index (χ1) is 9.45. The van der Waals surface area contributed by atoms with Gasteiger partial charge in [0, 0.05) is 31.1 Å². The van der Waals surface area contributed by atoms with Gasteiger partial charge < -0.3 is 10.1 Å². The molecule has 1 saturated carbocycles. The van der Waals surface area contributed by atoms with Gasteiger partial charge in [-0.3, -0.25) is 4.98 Å². The highest BCUT2D eigenvalue weighted by atomic mass is 19.4. The van der Waals surface area contributed by atoms with Gasteiger partial charge in [0.15, 0.2) is 5.75 Å². The molecule has 3 rings (SSSR count). The number of rotatable bonds is 2. The zero-order valence-corrected chi connectivity index (χ0v) is 10.6. The number of hydrogen-bond acceptors (Lipinski definition) is 4. The highest BCUT2D eigenvalue weighted by Gasteiger charge is 2.42. The number of carbonyl (C=O) groups is 1. The van der Waals surface area contributed by atoms with Crippen LogP contribution in [0.5, 0.6) is 5.75 Å². The lowest BCUT2D eigenvalue weighted by atomic mass is 10.0. The fraction of sp³-hybridized carbons (Fsp3) is 0.538. The zero-order chi connectivity index (χ0) is 14.3. The minimum atomic E-state index is -4.99. The number of pyridine rings is 1. The average Bonchev–Trinajstić information content (AvgIpc) is 3.21. The summed E-state index contributed by atoms with van der Waals surface area (Å²) in [5.74, 6) is -2.12. The minimum absolute atomic E-state index is 0.0442. The van der Waals surface area contributed by atoms with Gasteiger partial charge in [-0.15, -0.1) is 0 Å². The molecule has 20 heavy (non-hydrogen) atoms. The topological polar surface area (TPSA) is 51.2 Å². The van der Waals surface area contributed by atoms with Gasteiger partial charge in [-0.05, 0) is 24.5 Å². The van der Waals surface area contributed by atoms with E-state index in [1.165, 1.54) is 6.07 Å². The highest BCUT2D eigenvalue weighted by Crippen LogP contribution is 2.44. The van der Waals surface area contributed by atoms with Gasteiger partial charge in [0.2, 0.25) is 0 Å². The fourth-order valence-electron chi connectivity index (χ4n) is 2.28. The normalized spacial score (nSPS) is 18.6. The molecule has 4 nitrogen and oxygen atoms in total. The van der Waals surface area contributed by atoms with Crippen molar-refractivity contribution in [2.45, 2.75) is 37.9 Å². The van der Waals surface area contributed by atoms with Crippen LogP contribution < -0.4 is 10.1 Å². The Labute approximate surface area is 113 Å². The monoisotopic (exact) mass is 286 g/mol. The predicted molar refractivity (Wildman–Crippen MR) is 63.3 cm³/mol. The summed E-state index contributed by atoms with van der Waals surface area (Å²) < 4.78 is 41.5. The molecule has 7 heteroatoms. The summed E-state index contributed by atoms with van der Waals surface area (Å²) in [5.41, 5.74) is 2.17. The van der Waals surface area contributed by atoms with Crippen molar-refractivity contribution in [3.63, 3.8) is 0 Å². The summed E-state index contributed by atoms with van der Waals surface area (Å²) in [6, 6.07) is 1.52. The van der Waals surface area contributed by atoms with E-state index in [9.17, 15) is 18.0 Å². The average molecular weight is 286 g/mol. The third-order valence-electron chi connectivity index (χ3n) is 3.44. The summed E-state index contributed by atoms with van der Waals surface area (Å²) in [4.78, 5) is 15.4. The highest BCUT2D eigenvalue weighted by molar-refractivity contribution is 5.78. The second-order valence-corrected chi connectivity index (χ2v) is 5.07. The van der Waals surface area contributed by atoms with E-state index < -0.39 is 12.1 Å². The van der Waals surface area contributed by atoms with Gasteiger partial charge in [-0.2, -0.15) is 13.2 Å². The Balaban J connectivity index is 1.94. The first-order valence-electron chi connectivity index (χ1n) is 6.47. The fourth-order valence-corrected chi connectivity index (χ4v) is 2.28. The van der Waals surface area contributed by atoms with Crippen LogP contribution in [0.2, 0.25) is 0 Å². The Kier molecular flexibility index (Phi) is 3.16. The molecule has 1 aliphatic carbocycles. The molecule has 0 unspecified atom stereocenters.